The third-order valence-corrected chi connectivity index (χ3v) is 3.73. The van der Waals surface area contributed by atoms with Crippen molar-refractivity contribution in [1.82, 2.24) is 10.3 Å². The molecule has 3 rings (SSSR count). The van der Waals surface area contributed by atoms with Crippen molar-refractivity contribution in [2.75, 3.05) is 0 Å². The first kappa shape index (κ1) is 13.9. The van der Waals surface area contributed by atoms with Crippen LogP contribution in [-0.2, 0) is 6.54 Å². The molecule has 0 spiro atoms. The number of hydrogen-bond acceptors (Lipinski definition) is 3. The smallest absolute Gasteiger partial charge is 0.223 e. The van der Waals surface area contributed by atoms with Gasteiger partial charge in [-0.1, -0.05) is 17.7 Å². The van der Waals surface area contributed by atoms with Crippen molar-refractivity contribution in [2.45, 2.75) is 25.4 Å². The van der Waals surface area contributed by atoms with Crippen molar-refractivity contribution >= 4 is 27.5 Å². The summed E-state index contributed by atoms with van der Waals surface area (Å²) in [5.41, 5.74) is 1.03. The summed E-state index contributed by atoms with van der Waals surface area (Å²) in [5, 5.41) is 4.12. The van der Waals surface area contributed by atoms with Gasteiger partial charge in [0.1, 0.15) is 5.75 Å². The third kappa shape index (κ3) is 3.72. The lowest BCUT2D eigenvalue weighted by atomic mass is 10.2. The monoisotopic (exact) mass is 352 g/mol. The number of hydrogen-bond donors (Lipinski definition) is 1. The zero-order chi connectivity index (χ0) is 13.9. The molecule has 104 valence electrons. The number of ether oxygens (including phenoxy) is 1. The Balaban J connectivity index is 1.79. The van der Waals surface area contributed by atoms with E-state index in [0.29, 0.717) is 22.7 Å². The maximum Gasteiger partial charge on any atom is 0.223 e. The fourth-order valence-electron chi connectivity index (χ4n) is 1.87. The van der Waals surface area contributed by atoms with Gasteiger partial charge in [-0.15, -0.1) is 0 Å². The largest absolute Gasteiger partial charge is 0.439 e. The zero-order valence-corrected chi connectivity index (χ0v) is 13.1. The molecule has 1 heterocycles. The van der Waals surface area contributed by atoms with Crippen LogP contribution in [0.5, 0.6) is 11.6 Å². The number of pyridine rings is 1. The highest BCUT2D eigenvalue weighted by Gasteiger charge is 2.21. The second-order valence-electron chi connectivity index (χ2n) is 4.83. The minimum Gasteiger partial charge on any atom is -0.439 e. The lowest BCUT2D eigenvalue weighted by molar-refractivity contribution is 0.452. The topological polar surface area (TPSA) is 34.1 Å². The number of benzene rings is 1. The number of nitrogens with one attached hydrogen (secondary N) is 1. The number of halogens is 2. The number of nitrogens with zero attached hydrogens (tertiary/aromatic N) is 1. The van der Waals surface area contributed by atoms with E-state index >= 15 is 0 Å². The summed E-state index contributed by atoms with van der Waals surface area (Å²) in [6.07, 6.45) is 4.25. The first-order valence-corrected chi connectivity index (χ1v) is 7.69. The van der Waals surface area contributed by atoms with Crippen LogP contribution in [0.4, 0.5) is 0 Å². The lowest BCUT2D eigenvalue weighted by Gasteiger charge is -2.11. The van der Waals surface area contributed by atoms with Crippen LogP contribution in [0.15, 0.2) is 41.0 Å². The molecule has 1 fully saturated rings. The second kappa shape index (κ2) is 6.12. The zero-order valence-electron chi connectivity index (χ0n) is 10.8. The SMILES string of the molecule is Clc1cccc(Oc2ncc(Br)cc2CNC2CC2)c1. The van der Waals surface area contributed by atoms with Gasteiger partial charge >= 0.3 is 0 Å². The van der Waals surface area contributed by atoms with Crippen LogP contribution in [0.25, 0.3) is 0 Å². The molecule has 2 aromatic rings. The van der Waals surface area contributed by atoms with Gasteiger partial charge in [-0.25, -0.2) is 4.98 Å². The Morgan fingerprint density at radius 3 is 2.95 bits per heavy atom. The van der Waals surface area contributed by atoms with Gasteiger partial charge < -0.3 is 10.1 Å². The second-order valence-corrected chi connectivity index (χ2v) is 6.18. The van der Waals surface area contributed by atoms with Gasteiger partial charge in [-0.2, -0.15) is 0 Å². The predicted molar refractivity (Wildman–Crippen MR) is 83.3 cm³/mol. The minimum absolute atomic E-state index is 0.614. The summed E-state index contributed by atoms with van der Waals surface area (Å²) in [5.74, 6) is 1.31. The standard InChI is InChI=1S/C15H14BrClN2O/c16-11-6-10(8-18-13-4-5-13)15(19-9-11)20-14-3-1-2-12(17)7-14/h1-3,6-7,9,13,18H,4-5,8H2. The Morgan fingerprint density at radius 2 is 2.20 bits per heavy atom. The summed E-state index contributed by atoms with van der Waals surface area (Å²) in [6, 6.07) is 10.0. The van der Waals surface area contributed by atoms with E-state index in [2.05, 4.69) is 26.2 Å². The Kier molecular flexibility index (Phi) is 4.24. The molecule has 1 N–H and O–H groups in total. The van der Waals surface area contributed by atoms with E-state index < -0.39 is 0 Å². The van der Waals surface area contributed by atoms with Gasteiger partial charge in [0.15, 0.2) is 0 Å². The Hall–Kier alpha value is -1.10. The molecule has 0 bridgehead atoms. The molecule has 1 aliphatic rings. The van der Waals surface area contributed by atoms with E-state index in [1.54, 1.807) is 12.3 Å². The van der Waals surface area contributed by atoms with Crippen LogP contribution in [0.2, 0.25) is 5.02 Å². The van der Waals surface area contributed by atoms with E-state index in [9.17, 15) is 0 Å². The summed E-state index contributed by atoms with van der Waals surface area (Å²) in [6.45, 7) is 0.757. The minimum atomic E-state index is 0.614. The average molecular weight is 354 g/mol. The van der Waals surface area contributed by atoms with Crippen LogP contribution in [0.3, 0.4) is 0 Å². The summed E-state index contributed by atoms with van der Waals surface area (Å²) in [4.78, 5) is 4.35. The third-order valence-electron chi connectivity index (χ3n) is 3.06. The average Bonchev–Trinajstić information content (AvgIpc) is 3.23. The molecule has 1 aromatic heterocycles. The van der Waals surface area contributed by atoms with E-state index in [1.807, 2.05) is 24.3 Å². The van der Waals surface area contributed by atoms with Gasteiger partial charge in [0.2, 0.25) is 5.88 Å². The molecule has 0 saturated heterocycles. The Labute approximate surface area is 131 Å². The molecule has 20 heavy (non-hydrogen) atoms. The van der Waals surface area contributed by atoms with E-state index in [0.717, 1.165) is 16.6 Å². The Bertz CT molecular complexity index is 617. The highest BCUT2D eigenvalue weighted by molar-refractivity contribution is 9.10. The van der Waals surface area contributed by atoms with Crippen LogP contribution in [-0.4, -0.2) is 11.0 Å². The Morgan fingerprint density at radius 1 is 1.35 bits per heavy atom. The van der Waals surface area contributed by atoms with Gasteiger partial charge in [0.05, 0.1) is 0 Å². The fourth-order valence-corrected chi connectivity index (χ4v) is 2.43. The molecular formula is C15H14BrClN2O. The van der Waals surface area contributed by atoms with Crippen LogP contribution >= 0.6 is 27.5 Å². The molecule has 1 aliphatic carbocycles. The van der Waals surface area contributed by atoms with Crippen molar-refractivity contribution in [3.8, 4) is 11.6 Å². The highest BCUT2D eigenvalue weighted by Crippen LogP contribution is 2.28. The molecule has 0 unspecified atom stereocenters. The molecule has 1 saturated carbocycles. The van der Waals surface area contributed by atoms with E-state index in [-0.39, 0.29) is 0 Å². The van der Waals surface area contributed by atoms with Crippen molar-refractivity contribution in [2.24, 2.45) is 0 Å². The summed E-state index contributed by atoms with van der Waals surface area (Å²) < 4.78 is 6.79. The maximum absolute atomic E-state index is 5.97. The van der Waals surface area contributed by atoms with E-state index in [1.165, 1.54) is 12.8 Å². The van der Waals surface area contributed by atoms with E-state index in [4.69, 9.17) is 16.3 Å². The highest BCUT2D eigenvalue weighted by atomic mass is 79.9. The normalized spacial score (nSPS) is 14.3. The van der Waals surface area contributed by atoms with Gasteiger partial charge in [0.25, 0.3) is 0 Å². The van der Waals surface area contributed by atoms with Crippen molar-refractivity contribution in [3.63, 3.8) is 0 Å². The molecule has 5 heteroatoms. The molecule has 0 radical (unpaired) electrons. The predicted octanol–water partition coefficient (Wildman–Crippen LogP) is 4.54. The maximum atomic E-state index is 5.97. The molecule has 0 aliphatic heterocycles. The first-order chi connectivity index (χ1) is 9.70. The van der Waals surface area contributed by atoms with Crippen LogP contribution in [0, 0.1) is 0 Å². The van der Waals surface area contributed by atoms with Gasteiger partial charge in [-0.05, 0) is 53.0 Å². The molecule has 0 amide bonds. The molecule has 1 aromatic carbocycles. The van der Waals surface area contributed by atoms with Crippen LogP contribution < -0.4 is 10.1 Å². The molecular weight excluding hydrogens is 340 g/mol. The van der Waals surface area contributed by atoms with Gasteiger partial charge in [-0.3, -0.25) is 0 Å². The molecule has 3 nitrogen and oxygen atoms in total. The summed E-state index contributed by atoms with van der Waals surface area (Å²) in [7, 11) is 0. The first-order valence-electron chi connectivity index (χ1n) is 6.52. The van der Waals surface area contributed by atoms with Gasteiger partial charge in [0, 0.05) is 33.8 Å². The number of rotatable bonds is 5. The fraction of sp³-hybridized carbons (Fsp3) is 0.267. The van der Waals surface area contributed by atoms with Crippen LogP contribution in [0.1, 0.15) is 18.4 Å². The van der Waals surface area contributed by atoms with Crippen molar-refractivity contribution < 1.29 is 4.74 Å². The summed E-state index contributed by atoms with van der Waals surface area (Å²) >= 11 is 9.42. The number of aromatic nitrogens is 1. The molecule has 0 atom stereocenters. The lowest BCUT2D eigenvalue weighted by Crippen LogP contribution is -2.16. The van der Waals surface area contributed by atoms with Crippen molar-refractivity contribution in [1.29, 1.82) is 0 Å². The van der Waals surface area contributed by atoms with Crippen molar-refractivity contribution in [3.05, 3.63) is 51.6 Å². The quantitative estimate of drug-likeness (QED) is 0.857.